The Hall–Kier alpha value is -0.0800. The maximum Gasteiger partial charge on any atom is 0.0636 e. The van der Waals surface area contributed by atoms with Crippen molar-refractivity contribution in [2.75, 3.05) is 6.54 Å². The van der Waals surface area contributed by atoms with Gasteiger partial charge in [-0.15, -0.1) is 0 Å². The van der Waals surface area contributed by atoms with E-state index in [1.165, 1.54) is 19.3 Å². The van der Waals surface area contributed by atoms with Gasteiger partial charge in [-0.05, 0) is 37.0 Å². The molecule has 15 heavy (non-hydrogen) atoms. The fourth-order valence-corrected chi connectivity index (χ4v) is 3.33. The summed E-state index contributed by atoms with van der Waals surface area (Å²) in [4.78, 5) is 0. The third kappa shape index (κ3) is 4.52. The quantitative estimate of drug-likeness (QED) is 0.755. The standard InChI is InChI=1S/C13H27NO/c1-10(15)8-14-11-6-12(2,3)9-13(4,5)7-11/h10-11,14-15H,6-9H2,1-5H3/t10-/m0/s1. The molecule has 0 bridgehead atoms. The van der Waals surface area contributed by atoms with Crippen LogP contribution < -0.4 is 5.32 Å². The Labute approximate surface area is 94.5 Å². The zero-order valence-electron chi connectivity index (χ0n) is 10.9. The van der Waals surface area contributed by atoms with Crippen LogP contribution in [0, 0.1) is 10.8 Å². The molecule has 2 heteroatoms. The van der Waals surface area contributed by atoms with Crippen LogP contribution >= 0.6 is 0 Å². The molecule has 1 atom stereocenters. The minimum absolute atomic E-state index is 0.238. The van der Waals surface area contributed by atoms with Crippen molar-refractivity contribution in [2.24, 2.45) is 10.8 Å². The second-order valence-electron chi connectivity index (χ2n) is 6.87. The predicted octanol–water partition coefficient (Wildman–Crippen LogP) is 2.56. The van der Waals surface area contributed by atoms with Gasteiger partial charge in [-0.2, -0.15) is 0 Å². The first-order valence-corrected chi connectivity index (χ1v) is 6.12. The molecule has 1 fully saturated rings. The van der Waals surface area contributed by atoms with E-state index in [0.717, 1.165) is 6.54 Å². The Morgan fingerprint density at radius 1 is 1.20 bits per heavy atom. The van der Waals surface area contributed by atoms with Gasteiger partial charge in [0.15, 0.2) is 0 Å². The summed E-state index contributed by atoms with van der Waals surface area (Å²) in [5, 5.41) is 12.8. The van der Waals surface area contributed by atoms with Gasteiger partial charge in [0.2, 0.25) is 0 Å². The largest absolute Gasteiger partial charge is 0.392 e. The highest BCUT2D eigenvalue weighted by Gasteiger charge is 2.38. The SMILES string of the molecule is C[C@H](O)CNC1CC(C)(C)CC(C)(C)C1. The Balaban J connectivity index is 2.52. The topological polar surface area (TPSA) is 32.3 Å². The molecule has 1 saturated carbocycles. The average molecular weight is 213 g/mol. The van der Waals surface area contributed by atoms with E-state index < -0.39 is 0 Å². The molecule has 0 aromatic rings. The first-order chi connectivity index (χ1) is 6.70. The number of rotatable bonds is 3. The van der Waals surface area contributed by atoms with E-state index in [9.17, 15) is 5.11 Å². The maximum absolute atomic E-state index is 9.28. The predicted molar refractivity (Wildman–Crippen MR) is 64.9 cm³/mol. The van der Waals surface area contributed by atoms with Gasteiger partial charge in [-0.25, -0.2) is 0 Å². The minimum Gasteiger partial charge on any atom is -0.392 e. The van der Waals surface area contributed by atoms with E-state index in [1.807, 2.05) is 6.92 Å². The Morgan fingerprint density at radius 3 is 2.07 bits per heavy atom. The molecule has 2 nitrogen and oxygen atoms in total. The summed E-state index contributed by atoms with van der Waals surface area (Å²) in [7, 11) is 0. The molecule has 90 valence electrons. The van der Waals surface area contributed by atoms with E-state index in [0.29, 0.717) is 16.9 Å². The van der Waals surface area contributed by atoms with Crippen LogP contribution in [-0.2, 0) is 0 Å². The minimum atomic E-state index is -0.238. The van der Waals surface area contributed by atoms with Crippen molar-refractivity contribution in [3.63, 3.8) is 0 Å². The number of hydrogen-bond donors (Lipinski definition) is 2. The Kier molecular flexibility index (Phi) is 3.83. The molecule has 0 amide bonds. The first-order valence-electron chi connectivity index (χ1n) is 6.12. The molecule has 0 unspecified atom stereocenters. The first kappa shape index (κ1) is 13.0. The molecule has 0 spiro atoms. The van der Waals surface area contributed by atoms with Gasteiger partial charge in [0, 0.05) is 12.6 Å². The third-order valence-electron chi connectivity index (χ3n) is 3.26. The van der Waals surface area contributed by atoms with Crippen LogP contribution in [0.4, 0.5) is 0 Å². The fourth-order valence-electron chi connectivity index (χ4n) is 3.33. The molecule has 0 heterocycles. The number of nitrogens with one attached hydrogen (secondary N) is 1. The van der Waals surface area contributed by atoms with Crippen LogP contribution in [0.3, 0.4) is 0 Å². The van der Waals surface area contributed by atoms with Gasteiger partial charge in [0.05, 0.1) is 6.10 Å². The lowest BCUT2D eigenvalue weighted by Crippen LogP contribution is -2.45. The third-order valence-corrected chi connectivity index (χ3v) is 3.26. The van der Waals surface area contributed by atoms with Crippen LogP contribution in [0.1, 0.15) is 53.9 Å². The molecule has 1 rings (SSSR count). The van der Waals surface area contributed by atoms with E-state index in [4.69, 9.17) is 0 Å². The van der Waals surface area contributed by atoms with Crippen LogP contribution in [-0.4, -0.2) is 23.8 Å². The Morgan fingerprint density at radius 2 is 1.67 bits per heavy atom. The van der Waals surface area contributed by atoms with Crippen molar-refractivity contribution in [1.29, 1.82) is 0 Å². The summed E-state index contributed by atoms with van der Waals surface area (Å²) in [5.74, 6) is 0. The van der Waals surface area contributed by atoms with Gasteiger partial charge in [0.1, 0.15) is 0 Å². The monoisotopic (exact) mass is 213 g/mol. The highest BCUT2D eigenvalue weighted by Crippen LogP contribution is 2.45. The molecular weight excluding hydrogens is 186 g/mol. The average Bonchev–Trinajstić information content (AvgIpc) is 1.94. The number of aliphatic hydroxyl groups is 1. The van der Waals surface area contributed by atoms with Crippen LogP contribution in [0.25, 0.3) is 0 Å². The molecule has 0 aromatic carbocycles. The van der Waals surface area contributed by atoms with E-state index in [-0.39, 0.29) is 6.10 Å². The fraction of sp³-hybridized carbons (Fsp3) is 1.00. The molecule has 1 aliphatic rings. The van der Waals surface area contributed by atoms with Gasteiger partial charge in [-0.3, -0.25) is 0 Å². The zero-order chi connectivity index (χ0) is 11.7. The van der Waals surface area contributed by atoms with Crippen LogP contribution in [0.5, 0.6) is 0 Å². The van der Waals surface area contributed by atoms with Gasteiger partial charge < -0.3 is 10.4 Å². The summed E-state index contributed by atoms with van der Waals surface area (Å²) in [6.45, 7) is 12.0. The van der Waals surface area contributed by atoms with Gasteiger partial charge >= 0.3 is 0 Å². The molecule has 0 aromatic heterocycles. The highest BCUT2D eigenvalue weighted by molar-refractivity contribution is 4.92. The second kappa shape index (κ2) is 4.42. The summed E-state index contributed by atoms with van der Waals surface area (Å²) in [6.07, 6.45) is 3.51. The lowest BCUT2D eigenvalue weighted by atomic mass is 9.63. The summed E-state index contributed by atoms with van der Waals surface area (Å²) in [6, 6.07) is 0.568. The second-order valence-corrected chi connectivity index (χ2v) is 6.87. The molecule has 2 N–H and O–H groups in total. The smallest absolute Gasteiger partial charge is 0.0636 e. The summed E-state index contributed by atoms with van der Waals surface area (Å²) in [5.41, 5.74) is 0.857. The lowest BCUT2D eigenvalue weighted by molar-refractivity contribution is 0.0778. The molecular formula is C13H27NO. The number of aliphatic hydroxyl groups excluding tert-OH is 1. The van der Waals surface area contributed by atoms with E-state index in [1.54, 1.807) is 0 Å². The van der Waals surface area contributed by atoms with Crippen molar-refractivity contribution in [1.82, 2.24) is 5.32 Å². The van der Waals surface area contributed by atoms with Crippen molar-refractivity contribution in [3.05, 3.63) is 0 Å². The maximum atomic E-state index is 9.28. The Bertz CT molecular complexity index is 193. The van der Waals surface area contributed by atoms with Crippen LogP contribution in [0.15, 0.2) is 0 Å². The number of hydrogen-bond acceptors (Lipinski definition) is 2. The summed E-state index contributed by atoms with van der Waals surface area (Å²) >= 11 is 0. The molecule has 1 aliphatic carbocycles. The molecule has 0 saturated heterocycles. The van der Waals surface area contributed by atoms with Crippen molar-refractivity contribution >= 4 is 0 Å². The lowest BCUT2D eigenvalue weighted by Gasteiger charge is -2.45. The van der Waals surface area contributed by atoms with E-state index >= 15 is 0 Å². The normalized spacial score (nSPS) is 27.6. The van der Waals surface area contributed by atoms with Gasteiger partial charge in [-0.1, -0.05) is 27.7 Å². The van der Waals surface area contributed by atoms with Crippen LogP contribution in [0.2, 0.25) is 0 Å². The van der Waals surface area contributed by atoms with Crippen molar-refractivity contribution in [3.8, 4) is 0 Å². The van der Waals surface area contributed by atoms with Gasteiger partial charge in [0.25, 0.3) is 0 Å². The van der Waals surface area contributed by atoms with E-state index in [2.05, 4.69) is 33.0 Å². The highest BCUT2D eigenvalue weighted by atomic mass is 16.3. The molecule has 0 radical (unpaired) electrons. The zero-order valence-corrected chi connectivity index (χ0v) is 10.9. The summed E-state index contributed by atoms with van der Waals surface area (Å²) < 4.78 is 0. The molecule has 0 aliphatic heterocycles. The van der Waals surface area contributed by atoms with Crippen molar-refractivity contribution in [2.45, 2.75) is 66.0 Å². The van der Waals surface area contributed by atoms with Crippen molar-refractivity contribution < 1.29 is 5.11 Å².